The fourth-order valence-corrected chi connectivity index (χ4v) is 2.76. The number of carbonyl (C=O) groups is 2. The summed E-state index contributed by atoms with van der Waals surface area (Å²) in [5.41, 5.74) is 1.92. The van der Waals surface area contributed by atoms with Crippen LogP contribution in [0.1, 0.15) is 34.6 Å². The highest BCUT2D eigenvalue weighted by Gasteiger charge is 2.21. The monoisotopic (exact) mass is 361 g/mol. The molecular formula is C19H24ClN3O2. The van der Waals surface area contributed by atoms with Crippen molar-refractivity contribution in [1.29, 1.82) is 0 Å². The summed E-state index contributed by atoms with van der Waals surface area (Å²) in [5, 5.41) is 3.51. The van der Waals surface area contributed by atoms with Gasteiger partial charge in [-0.1, -0.05) is 11.6 Å². The first-order valence-corrected chi connectivity index (χ1v) is 8.57. The maximum absolute atomic E-state index is 12.7. The van der Waals surface area contributed by atoms with Crippen LogP contribution in [0.3, 0.4) is 0 Å². The molecule has 5 nitrogen and oxygen atoms in total. The predicted molar refractivity (Wildman–Crippen MR) is 100 cm³/mol. The topological polar surface area (TPSA) is 54.3 Å². The van der Waals surface area contributed by atoms with Gasteiger partial charge in [0.15, 0.2) is 0 Å². The van der Waals surface area contributed by atoms with E-state index in [0.717, 1.165) is 12.2 Å². The van der Waals surface area contributed by atoms with Gasteiger partial charge in [-0.15, -0.1) is 0 Å². The highest BCUT2D eigenvalue weighted by Crippen LogP contribution is 2.21. The molecule has 0 aliphatic heterocycles. The Labute approximate surface area is 153 Å². The second-order valence-corrected chi connectivity index (χ2v) is 6.79. The Kier molecular flexibility index (Phi) is 6.39. The maximum atomic E-state index is 12.7. The number of nitrogens with zero attached hydrogens (tertiary/aromatic N) is 2. The fraction of sp³-hybridized carbons (Fsp3) is 0.368. The Bertz CT molecular complexity index is 751. The van der Waals surface area contributed by atoms with Crippen LogP contribution in [0.15, 0.2) is 36.4 Å². The minimum Gasteiger partial charge on any atom is -0.354 e. The number of halogens is 1. The summed E-state index contributed by atoms with van der Waals surface area (Å²) < 4.78 is 1.78. The number of hydrogen-bond donors (Lipinski definition) is 1. The van der Waals surface area contributed by atoms with Crippen molar-refractivity contribution >= 4 is 23.3 Å². The molecule has 0 aliphatic rings. The lowest BCUT2D eigenvalue weighted by molar-refractivity contribution is -0.122. The molecule has 0 radical (unpaired) electrons. The van der Waals surface area contributed by atoms with Crippen LogP contribution >= 0.6 is 11.6 Å². The summed E-state index contributed by atoms with van der Waals surface area (Å²) in [6, 6.07) is 10.4. The predicted octanol–water partition coefficient (Wildman–Crippen LogP) is 2.69. The number of nitrogens with one attached hydrogen (secondary N) is 1. The van der Waals surface area contributed by atoms with Gasteiger partial charge in [0, 0.05) is 36.4 Å². The minimum atomic E-state index is -0.334. The molecule has 0 spiro atoms. The van der Waals surface area contributed by atoms with Crippen LogP contribution in [0, 0.1) is 0 Å². The van der Waals surface area contributed by atoms with Crippen molar-refractivity contribution in [2.75, 3.05) is 27.2 Å². The van der Waals surface area contributed by atoms with Crippen LogP contribution in [0.2, 0.25) is 5.02 Å². The van der Waals surface area contributed by atoms with Crippen LogP contribution in [0.5, 0.6) is 0 Å². The van der Waals surface area contributed by atoms with Crippen molar-refractivity contribution in [1.82, 2.24) is 14.8 Å². The third-order valence-corrected chi connectivity index (χ3v) is 4.45. The number of likely N-dealkylation sites (N-methyl/N-ethyl adjacent to an activating group) is 1. The fourth-order valence-electron chi connectivity index (χ4n) is 2.63. The average Bonchev–Trinajstić information content (AvgIpc) is 2.95. The van der Waals surface area contributed by atoms with E-state index in [9.17, 15) is 9.59 Å². The van der Waals surface area contributed by atoms with Gasteiger partial charge in [0.25, 0.3) is 0 Å². The lowest BCUT2D eigenvalue weighted by Gasteiger charge is -2.16. The molecule has 2 rings (SSSR count). The van der Waals surface area contributed by atoms with Crippen LogP contribution in [0.25, 0.3) is 0 Å². The van der Waals surface area contributed by atoms with E-state index in [2.05, 4.69) is 5.32 Å². The molecule has 1 atom stereocenters. The molecule has 1 unspecified atom stereocenters. The molecule has 134 valence electrons. The van der Waals surface area contributed by atoms with Crippen molar-refractivity contribution < 1.29 is 9.59 Å². The summed E-state index contributed by atoms with van der Waals surface area (Å²) in [6.45, 7) is 3.22. The highest BCUT2D eigenvalue weighted by atomic mass is 35.5. The largest absolute Gasteiger partial charge is 0.354 e. The molecule has 0 bridgehead atoms. The zero-order valence-electron chi connectivity index (χ0n) is 15.0. The molecule has 1 N–H and O–H groups in total. The lowest BCUT2D eigenvalue weighted by Crippen LogP contribution is -2.34. The molecule has 0 fully saturated rings. The van der Waals surface area contributed by atoms with E-state index < -0.39 is 0 Å². The quantitative estimate of drug-likeness (QED) is 0.771. The van der Waals surface area contributed by atoms with Crippen LogP contribution in [-0.2, 0) is 11.8 Å². The average molecular weight is 362 g/mol. The van der Waals surface area contributed by atoms with E-state index >= 15 is 0 Å². The van der Waals surface area contributed by atoms with Gasteiger partial charge in [-0.25, -0.2) is 0 Å². The standard InChI is InChI=1S/C19H24ClN3O2/c1-13(19(25)21-11-12-22(2)3)16-9-10-17(23(16)4)18(24)14-5-7-15(20)8-6-14/h5-10,13H,11-12H2,1-4H3,(H,21,25). The molecule has 0 aliphatic carbocycles. The van der Waals surface area contributed by atoms with E-state index in [-0.39, 0.29) is 17.6 Å². The molecular weight excluding hydrogens is 338 g/mol. The third-order valence-electron chi connectivity index (χ3n) is 4.19. The van der Waals surface area contributed by atoms with Crippen molar-refractivity contribution in [2.24, 2.45) is 7.05 Å². The number of rotatable bonds is 7. The summed E-state index contributed by atoms with van der Waals surface area (Å²) in [7, 11) is 5.73. The number of ketones is 1. The van der Waals surface area contributed by atoms with Crippen LogP contribution < -0.4 is 5.32 Å². The summed E-state index contributed by atoms with van der Waals surface area (Å²) in [4.78, 5) is 27.0. The van der Waals surface area contributed by atoms with Gasteiger partial charge < -0.3 is 14.8 Å². The van der Waals surface area contributed by atoms with Crippen molar-refractivity contribution in [3.05, 3.63) is 58.4 Å². The Balaban J connectivity index is 2.13. The number of carbonyl (C=O) groups excluding carboxylic acids is 2. The van der Waals surface area contributed by atoms with Gasteiger partial charge in [0.05, 0.1) is 11.6 Å². The smallest absolute Gasteiger partial charge is 0.228 e. The number of benzene rings is 1. The summed E-state index contributed by atoms with van der Waals surface area (Å²) >= 11 is 5.87. The van der Waals surface area contributed by atoms with Gasteiger partial charge in [0.1, 0.15) is 0 Å². The van der Waals surface area contributed by atoms with Crippen molar-refractivity contribution in [3.63, 3.8) is 0 Å². The Morgan fingerprint density at radius 3 is 2.40 bits per heavy atom. The maximum Gasteiger partial charge on any atom is 0.228 e. The SMILES string of the molecule is CC(C(=O)NCCN(C)C)c1ccc(C(=O)c2ccc(Cl)cc2)n1C. The number of hydrogen-bond acceptors (Lipinski definition) is 3. The van der Waals surface area contributed by atoms with Crippen LogP contribution in [0.4, 0.5) is 0 Å². The van der Waals surface area contributed by atoms with E-state index in [4.69, 9.17) is 11.6 Å². The lowest BCUT2D eigenvalue weighted by atomic mass is 10.1. The third kappa shape index (κ3) is 4.71. The summed E-state index contributed by atoms with van der Waals surface area (Å²) in [6.07, 6.45) is 0. The molecule has 0 saturated heterocycles. The zero-order chi connectivity index (χ0) is 18.6. The second-order valence-electron chi connectivity index (χ2n) is 6.35. The van der Waals surface area contributed by atoms with E-state index in [1.54, 1.807) is 34.9 Å². The van der Waals surface area contributed by atoms with Gasteiger partial charge in [-0.3, -0.25) is 9.59 Å². The second kappa shape index (κ2) is 8.32. The first-order chi connectivity index (χ1) is 11.8. The number of amides is 1. The molecule has 1 aromatic carbocycles. The van der Waals surface area contributed by atoms with Crippen LogP contribution in [-0.4, -0.2) is 48.3 Å². The first kappa shape index (κ1) is 19.2. The van der Waals surface area contributed by atoms with Gasteiger partial charge >= 0.3 is 0 Å². The van der Waals surface area contributed by atoms with Gasteiger partial charge in [0.2, 0.25) is 11.7 Å². The minimum absolute atomic E-state index is 0.0476. The highest BCUT2D eigenvalue weighted by molar-refractivity contribution is 6.30. The normalized spacial score (nSPS) is 12.2. The van der Waals surface area contributed by atoms with Crippen molar-refractivity contribution in [3.8, 4) is 0 Å². The van der Waals surface area contributed by atoms with Gasteiger partial charge in [-0.2, -0.15) is 0 Å². The number of aromatic nitrogens is 1. The molecule has 1 amide bonds. The molecule has 6 heteroatoms. The van der Waals surface area contributed by atoms with E-state index in [1.165, 1.54) is 0 Å². The molecule has 0 saturated carbocycles. The molecule has 25 heavy (non-hydrogen) atoms. The molecule has 1 heterocycles. The van der Waals surface area contributed by atoms with E-state index in [1.807, 2.05) is 39.0 Å². The molecule has 2 aromatic rings. The van der Waals surface area contributed by atoms with Crippen molar-refractivity contribution in [2.45, 2.75) is 12.8 Å². The Hall–Kier alpha value is -2.11. The summed E-state index contributed by atoms with van der Waals surface area (Å²) in [5.74, 6) is -0.474. The first-order valence-electron chi connectivity index (χ1n) is 8.19. The van der Waals surface area contributed by atoms with Gasteiger partial charge in [-0.05, 0) is 57.4 Å². The Morgan fingerprint density at radius 2 is 1.80 bits per heavy atom. The Morgan fingerprint density at radius 1 is 1.16 bits per heavy atom. The zero-order valence-corrected chi connectivity index (χ0v) is 15.8. The molecule has 1 aromatic heterocycles. The van der Waals surface area contributed by atoms with E-state index in [0.29, 0.717) is 22.8 Å².